The minimum absolute atomic E-state index is 0.0758. The van der Waals surface area contributed by atoms with Gasteiger partial charge in [0.25, 0.3) is 0 Å². The van der Waals surface area contributed by atoms with E-state index < -0.39 is 5.41 Å². The maximum absolute atomic E-state index is 13.1. The summed E-state index contributed by atoms with van der Waals surface area (Å²) in [5.41, 5.74) is 0.496. The second kappa shape index (κ2) is 8.25. The number of amides is 1. The third-order valence-electron chi connectivity index (χ3n) is 5.40. The van der Waals surface area contributed by atoms with Crippen LogP contribution in [0.5, 0.6) is 0 Å². The summed E-state index contributed by atoms with van der Waals surface area (Å²) in [6.07, 6.45) is 2.62. The predicted octanol–water partition coefficient (Wildman–Crippen LogP) is 0.974. The van der Waals surface area contributed by atoms with Crippen LogP contribution in [-0.2, 0) is 10.2 Å². The predicted molar refractivity (Wildman–Crippen MR) is 94.9 cm³/mol. The monoisotopic (exact) mass is 349 g/mol. The van der Waals surface area contributed by atoms with Crippen molar-refractivity contribution < 1.29 is 14.3 Å². The largest absolute Gasteiger partial charge is 0.395 e. The van der Waals surface area contributed by atoms with Gasteiger partial charge in [-0.2, -0.15) is 0 Å². The van der Waals surface area contributed by atoms with Crippen molar-refractivity contribution in [3.63, 3.8) is 0 Å². The number of carbonyl (C=O) groups is 1. The van der Waals surface area contributed by atoms with Crippen LogP contribution in [0.4, 0.5) is 4.39 Å². The van der Waals surface area contributed by atoms with Crippen LogP contribution in [0.3, 0.4) is 0 Å². The molecule has 0 unspecified atom stereocenters. The average Bonchev–Trinajstić information content (AvgIpc) is 3.43. The van der Waals surface area contributed by atoms with E-state index in [0.29, 0.717) is 6.54 Å². The molecule has 1 amide bonds. The Balaban J connectivity index is 1.37. The molecule has 3 rings (SSSR count). The Bertz CT molecular complexity index is 567. The summed E-state index contributed by atoms with van der Waals surface area (Å²) in [5, 5.41) is 12.0. The van der Waals surface area contributed by atoms with Crippen molar-refractivity contribution in [3.05, 3.63) is 35.6 Å². The van der Waals surface area contributed by atoms with Gasteiger partial charge in [0.05, 0.1) is 12.0 Å². The first kappa shape index (κ1) is 18.3. The molecular formula is C19H28FN3O2. The molecule has 1 saturated heterocycles. The second-order valence-electron chi connectivity index (χ2n) is 7.11. The number of nitrogens with one attached hydrogen (secondary N) is 1. The zero-order chi connectivity index (χ0) is 17.7. The summed E-state index contributed by atoms with van der Waals surface area (Å²) in [6, 6.07) is 6.32. The average molecular weight is 349 g/mol. The third-order valence-corrected chi connectivity index (χ3v) is 5.40. The first-order chi connectivity index (χ1) is 12.1. The quantitative estimate of drug-likeness (QED) is 0.687. The molecule has 0 bridgehead atoms. The first-order valence-electron chi connectivity index (χ1n) is 9.24. The van der Waals surface area contributed by atoms with Crippen LogP contribution in [0.25, 0.3) is 0 Å². The number of carbonyl (C=O) groups excluding carboxylic acids is 1. The van der Waals surface area contributed by atoms with E-state index in [1.54, 1.807) is 12.1 Å². The molecule has 2 N–H and O–H groups in total. The van der Waals surface area contributed by atoms with Crippen molar-refractivity contribution in [2.24, 2.45) is 0 Å². The highest BCUT2D eigenvalue weighted by Gasteiger charge is 2.50. The topological polar surface area (TPSA) is 55.8 Å². The number of benzene rings is 1. The zero-order valence-corrected chi connectivity index (χ0v) is 14.7. The van der Waals surface area contributed by atoms with Gasteiger partial charge in [-0.15, -0.1) is 0 Å². The molecule has 1 saturated carbocycles. The molecule has 0 spiro atoms. The van der Waals surface area contributed by atoms with Crippen LogP contribution in [0.2, 0.25) is 0 Å². The molecule has 0 aromatic heterocycles. The Morgan fingerprint density at radius 2 is 1.68 bits per heavy atom. The zero-order valence-electron chi connectivity index (χ0n) is 14.7. The number of nitrogens with zero attached hydrogens (tertiary/aromatic N) is 2. The van der Waals surface area contributed by atoms with Crippen molar-refractivity contribution in [2.45, 2.75) is 24.7 Å². The fourth-order valence-electron chi connectivity index (χ4n) is 3.59. The second-order valence-corrected chi connectivity index (χ2v) is 7.11. The third kappa shape index (κ3) is 4.57. The molecule has 6 heteroatoms. The molecule has 1 aromatic rings. The number of rotatable bonds is 8. The van der Waals surface area contributed by atoms with Crippen LogP contribution >= 0.6 is 0 Å². The SMILES string of the molecule is O=C(NCCCN1CCN(CCO)CC1)C1(c2ccc(F)cc2)CC1. The van der Waals surface area contributed by atoms with Crippen molar-refractivity contribution in [1.29, 1.82) is 0 Å². The van der Waals surface area contributed by atoms with Gasteiger partial charge in [-0.3, -0.25) is 9.69 Å². The van der Waals surface area contributed by atoms with E-state index >= 15 is 0 Å². The number of hydrogen-bond donors (Lipinski definition) is 2. The Kier molecular flexibility index (Phi) is 6.04. The van der Waals surface area contributed by atoms with Gasteiger partial charge in [-0.05, 0) is 43.5 Å². The number of aliphatic hydroxyl groups excluding tert-OH is 1. The Morgan fingerprint density at radius 3 is 2.24 bits per heavy atom. The van der Waals surface area contributed by atoms with Crippen molar-refractivity contribution in [1.82, 2.24) is 15.1 Å². The highest BCUT2D eigenvalue weighted by atomic mass is 19.1. The van der Waals surface area contributed by atoms with E-state index in [2.05, 4.69) is 15.1 Å². The lowest BCUT2D eigenvalue weighted by atomic mass is 9.95. The molecule has 0 atom stereocenters. The van der Waals surface area contributed by atoms with E-state index in [1.165, 1.54) is 12.1 Å². The molecule has 1 aliphatic heterocycles. The van der Waals surface area contributed by atoms with Gasteiger partial charge >= 0.3 is 0 Å². The molecular weight excluding hydrogens is 321 g/mol. The standard InChI is InChI=1S/C19H28FN3O2/c20-17-4-2-16(3-5-17)19(6-7-19)18(25)21-8-1-9-22-10-12-23(13-11-22)14-15-24/h2-5,24H,1,6-15H2,(H,21,25). The summed E-state index contributed by atoms with van der Waals surface area (Å²) in [6.45, 7) is 6.69. The minimum atomic E-state index is -0.427. The van der Waals surface area contributed by atoms with Crippen LogP contribution in [-0.4, -0.2) is 73.2 Å². The van der Waals surface area contributed by atoms with Gasteiger partial charge in [-0.25, -0.2) is 4.39 Å². The lowest BCUT2D eigenvalue weighted by molar-refractivity contribution is -0.123. The smallest absolute Gasteiger partial charge is 0.230 e. The Hall–Kier alpha value is -1.50. The van der Waals surface area contributed by atoms with Gasteiger partial charge in [0.2, 0.25) is 5.91 Å². The first-order valence-corrected chi connectivity index (χ1v) is 9.24. The van der Waals surface area contributed by atoms with Crippen LogP contribution < -0.4 is 5.32 Å². The van der Waals surface area contributed by atoms with Gasteiger partial charge in [0.1, 0.15) is 5.82 Å². The van der Waals surface area contributed by atoms with Gasteiger partial charge in [0, 0.05) is 39.3 Å². The molecule has 1 aromatic carbocycles. The van der Waals surface area contributed by atoms with Gasteiger partial charge in [0.15, 0.2) is 0 Å². The summed E-state index contributed by atoms with van der Waals surface area (Å²) < 4.78 is 13.1. The number of piperazine rings is 1. The maximum atomic E-state index is 13.1. The van der Waals surface area contributed by atoms with Crippen LogP contribution in [0, 0.1) is 5.82 Å². The van der Waals surface area contributed by atoms with E-state index in [4.69, 9.17) is 5.11 Å². The van der Waals surface area contributed by atoms with E-state index in [1.807, 2.05) is 0 Å². The lowest BCUT2D eigenvalue weighted by Crippen LogP contribution is -2.47. The van der Waals surface area contributed by atoms with Crippen molar-refractivity contribution in [2.75, 3.05) is 52.4 Å². The molecule has 25 heavy (non-hydrogen) atoms. The van der Waals surface area contributed by atoms with Crippen molar-refractivity contribution >= 4 is 5.91 Å². The van der Waals surface area contributed by atoms with E-state index in [-0.39, 0.29) is 18.3 Å². The normalized spacial score (nSPS) is 20.4. The Labute approximate surface area is 148 Å². The molecule has 0 radical (unpaired) electrons. The van der Waals surface area contributed by atoms with E-state index in [9.17, 15) is 9.18 Å². The molecule has 2 aliphatic rings. The number of aliphatic hydroxyl groups is 1. The molecule has 5 nitrogen and oxygen atoms in total. The fourth-order valence-corrected chi connectivity index (χ4v) is 3.59. The highest BCUT2D eigenvalue weighted by Crippen LogP contribution is 2.48. The molecule has 2 fully saturated rings. The van der Waals surface area contributed by atoms with Gasteiger partial charge < -0.3 is 15.3 Å². The number of β-amino-alcohol motifs (C(OH)–C–C–N with tert-alkyl or cyclic N) is 1. The number of hydrogen-bond acceptors (Lipinski definition) is 4. The van der Waals surface area contributed by atoms with Crippen molar-refractivity contribution in [3.8, 4) is 0 Å². The van der Waals surface area contributed by atoms with Crippen LogP contribution in [0.1, 0.15) is 24.8 Å². The fraction of sp³-hybridized carbons (Fsp3) is 0.632. The van der Waals surface area contributed by atoms with E-state index in [0.717, 1.165) is 64.1 Å². The maximum Gasteiger partial charge on any atom is 0.230 e. The van der Waals surface area contributed by atoms with Crippen LogP contribution in [0.15, 0.2) is 24.3 Å². The minimum Gasteiger partial charge on any atom is -0.395 e. The summed E-state index contributed by atoms with van der Waals surface area (Å²) >= 11 is 0. The number of halogens is 1. The summed E-state index contributed by atoms with van der Waals surface area (Å²) in [5.74, 6) is -0.189. The summed E-state index contributed by atoms with van der Waals surface area (Å²) in [7, 11) is 0. The van der Waals surface area contributed by atoms with Gasteiger partial charge in [-0.1, -0.05) is 12.1 Å². The molecule has 1 aliphatic carbocycles. The Morgan fingerprint density at radius 1 is 1.08 bits per heavy atom. The lowest BCUT2D eigenvalue weighted by Gasteiger charge is -2.34. The molecule has 138 valence electrons. The highest BCUT2D eigenvalue weighted by molar-refractivity contribution is 5.91. The molecule has 1 heterocycles. The summed E-state index contributed by atoms with van der Waals surface area (Å²) in [4.78, 5) is 17.2.